The van der Waals surface area contributed by atoms with Crippen LogP contribution in [0.2, 0.25) is 0 Å². The van der Waals surface area contributed by atoms with Gasteiger partial charge in [-0.1, -0.05) is 13.0 Å². The van der Waals surface area contributed by atoms with Crippen LogP contribution in [-0.4, -0.2) is 49.0 Å². The number of fused-ring (bicyclic) bond motifs is 1. The lowest BCUT2D eigenvalue weighted by molar-refractivity contribution is 0.0627. The first kappa shape index (κ1) is 19.4. The number of benzene rings is 1. The number of hydrogen-bond donors (Lipinski definition) is 0. The fraction of sp³-hybridized carbons (Fsp3) is 0.500. The highest BCUT2D eigenvalue weighted by molar-refractivity contribution is 7.10. The number of rotatable bonds is 4. The lowest BCUT2D eigenvalue weighted by Gasteiger charge is -2.35. The summed E-state index contributed by atoms with van der Waals surface area (Å²) in [6.45, 7) is 6.04. The molecule has 4 rings (SSSR count). The number of ether oxygens (including phenoxy) is 1. The van der Waals surface area contributed by atoms with Gasteiger partial charge in [0.25, 0.3) is 5.91 Å². The van der Waals surface area contributed by atoms with E-state index in [9.17, 15) is 9.18 Å². The Bertz CT molecular complexity index is 858. The van der Waals surface area contributed by atoms with E-state index in [-0.39, 0.29) is 17.5 Å². The van der Waals surface area contributed by atoms with E-state index in [1.807, 2.05) is 11.0 Å². The van der Waals surface area contributed by atoms with Gasteiger partial charge < -0.3 is 9.64 Å². The van der Waals surface area contributed by atoms with Gasteiger partial charge in [0.05, 0.1) is 12.7 Å². The highest BCUT2D eigenvalue weighted by Gasteiger charge is 2.28. The molecular formula is C22H27FN2O2S. The smallest absolute Gasteiger partial charge is 0.255 e. The van der Waals surface area contributed by atoms with Crippen LogP contribution in [0.1, 0.15) is 39.7 Å². The molecule has 2 aromatic rings. The van der Waals surface area contributed by atoms with Crippen molar-refractivity contribution in [3.63, 3.8) is 0 Å². The van der Waals surface area contributed by atoms with Crippen molar-refractivity contribution in [3.05, 3.63) is 51.0 Å². The molecule has 2 heterocycles. The summed E-state index contributed by atoms with van der Waals surface area (Å²) in [7, 11) is 1.47. The third-order valence-corrected chi connectivity index (χ3v) is 6.97. The SMILES string of the molecule is COc1ccc(CN2CCN(C(=O)c3csc4c3CC[C@H](C)C4)CC2)cc1F. The van der Waals surface area contributed by atoms with Crippen molar-refractivity contribution in [1.82, 2.24) is 9.80 Å². The van der Waals surface area contributed by atoms with Crippen LogP contribution in [-0.2, 0) is 19.4 Å². The van der Waals surface area contributed by atoms with Crippen molar-refractivity contribution >= 4 is 17.2 Å². The molecule has 1 atom stereocenters. The van der Waals surface area contributed by atoms with Gasteiger partial charge in [-0.15, -0.1) is 11.3 Å². The van der Waals surface area contributed by atoms with Gasteiger partial charge in [-0.05, 0) is 48.4 Å². The van der Waals surface area contributed by atoms with Crippen molar-refractivity contribution in [2.24, 2.45) is 5.92 Å². The molecule has 6 heteroatoms. The molecule has 1 aromatic heterocycles. The molecule has 150 valence electrons. The van der Waals surface area contributed by atoms with Gasteiger partial charge in [-0.2, -0.15) is 0 Å². The van der Waals surface area contributed by atoms with E-state index in [2.05, 4.69) is 17.2 Å². The fourth-order valence-electron chi connectivity index (χ4n) is 4.20. The van der Waals surface area contributed by atoms with Gasteiger partial charge in [0, 0.05) is 43.0 Å². The largest absolute Gasteiger partial charge is 0.494 e. The second-order valence-electron chi connectivity index (χ2n) is 7.94. The number of amides is 1. The molecule has 1 aliphatic carbocycles. The molecule has 1 fully saturated rings. The Hall–Kier alpha value is -1.92. The minimum atomic E-state index is -0.328. The highest BCUT2D eigenvalue weighted by Crippen LogP contribution is 2.33. The summed E-state index contributed by atoms with van der Waals surface area (Å²) in [5.41, 5.74) is 3.15. The molecule has 0 unspecified atom stereocenters. The van der Waals surface area contributed by atoms with Crippen molar-refractivity contribution < 1.29 is 13.9 Å². The molecule has 0 radical (unpaired) electrons. The van der Waals surface area contributed by atoms with Crippen molar-refractivity contribution in [3.8, 4) is 5.75 Å². The predicted octanol–water partition coefficient (Wildman–Crippen LogP) is 3.98. The molecule has 4 nitrogen and oxygen atoms in total. The van der Waals surface area contributed by atoms with Crippen LogP contribution in [0.4, 0.5) is 4.39 Å². The Morgan fingerprint density at radius 3 is 2.79 bits per heavy atom. The third-order valence-electron chi connectivity index (χ3n) is 5.91. The molecule has 0 N–H and O–H groups in total. The number of carbonyl (C=O) groups is 1. The Kier molecular flexibility index (Phi) is 5.69. The average Bonchev–Trinajstić information content (AvgIpc) is 3.11. The summed E-state index contributed by atoms with van der Waals surface area (Å²) in [5.74, 6) is 0.848. The Labute approximate surface area is 169 Å². The zero-order chi connectivity index (χ0) is 19.7. The molecule has 0 spiro atoms. The number of hydrogen-bond acceptors (Lipinski definition) is 4. The van der Waals surface area contributed by atoms with E-state index >= 15 is 0 Å². The molecule has 28 heavy (non-hydrogen) atoms. The molecule has 0 bridgehead atoms. The van der Waals surface area contributed by atoms with Crippen LogP contribution in [0.3, 0.4) is 0 Å². The summed E-state index contributed by atoms with van der Waals surface area (Å²) in [6.07, 6.45) is 3.32. The second-order valence-corrected chi connectivity index (χ2v) is 8.90. The first-order valence-corrected chi connectivity index (χ1v) is 10.9. The van der Waals surface area contributed by atoms with E-state index < -0.39 is 0 Å². The van der Waals surface area contributed by atoms with Crippen LogP contribution < -0.4 is 4.74 Å². The van der Waals surface area contributed by atoms with Crippen molar-refractivity contribution in [2.45, 2.75) is 32.7 Å². The van der Waals surface area contributed by atoms with E-state index in [1.54, 1.807) is 17.4 Å². The van der Waals surface area contributed by atoms with Gasteiger partial charge in [0.1, 0.15) is 0 Å². The standard InChI is InChI=1S/C22H27FN2O2S/c1-15-3-5-17-18(14-28-21(17)11-15)22(26)25-9-7-24(8-10-25)13-16-4-6-20(27-2)19(23)12-16/h4,6,12,14-15H,3,5,7-11,13H2,1-2H3/t15-/m0/s1. The van der Waals surface area contributed by atoms with E-state index in [4.69, 9.17) is 4.74 Å². The van der Waals surface area contributed by atoms with Gasteiger partial charge in [0.2, 0.25) is 0 Å². The maximum absolute atomic E-state index is 13.9. The highest BCUT2D eigenvalue weighted by atomic mass is 32.1. The second kappa shape index (κ2) is 8.21. The molecule has 1 saturated heterocycles. The maximum atomic E-state index is 13.9. The number of halogens is 1. The third kappa shape index (κ3) is 3.94. The zero-order valence-electron chi connectivity index (χ0n) is 16.5. The Morgan fingerprint density at radius 2 is 2.07 bits per heavy atom. The minimum absolute atomic E-state index is 0.183. The number of carbonyl (C=O) groups excluding carboxylic acids is 1. The van der Waals surface area contributed by atoms with Gasteiger partial charge in [-0.3, -0.25) is 9.69 Å². The van der Waals surface area contributed by atoms with Crippen LogP contribution in [0.5, 0.6) is 5.75 Å². The minimum Gasteiger partial charge on any atom is -0.494 e. The summed E-state index contributed by atoms with van der Waals surface area (Å²) in [5, 5.41) is 2.07. The van der Waals surface area contributed by atoms with Gasteiger partial charge in [0.15, 0.2) is 11.6 Å². The Morgan fingerprint density at radius 1 is 1.29 bits per heavy atom. The predicted molar refractivity (Wildman–Crippen MR) is 110 cm³/mol. The maximum Gasteiger partial charge on any atom is 0.255 e. The van der Waals surface area contributed by atoms with Crippen LogP contribution in [0, 0.1) is 11.7 Å². The van der Waals surface area contributed by atoms with E-state index in [0.717, 1.165) is 56.1 Å². The van der Waals surface area contributed by atoms with E-state index in [1.165, 1.54) is 30.0 Å². The van der Waals surface area contributed by atoms with Crippen molar-refractivity contribution in [1.29, 1.82) is 0 Å². The zero-order valence-corrected chi connectivity index (χ0v) is 17.4. The molecule has 1 aromatic carbocycles. The number of thiophene rings is 1. The number of nitrogens with zero attached hydrogens (tertiary/aromatic N) is 2. The molecule has 2 aliphatic rings. The van der Waals surface area contributed by atoms with E-state index in [0.29, 0.717) is 6.54 Å². The average molecular weight is 403 g/mol. The van der Waals surface area contributed by atoms with Crippen LogP contribution in [0.15, 0.2) is 23.6 Å². The summed E-state index contributed by atoms with van der Waals surface area (Å²) in [6, 6.07) is 5.11. The quantitative estimate of drug-likeness (QED) is 0.776. The lowest BCUT2D eigenvalue weighted by Crippen LogP contribution is -2.48. The number of piperazine rings is 1. The Balaban J connectivity index is 1.35. The van der Waals surface area contributed by atoms with Crippen LogP contribution >= 0.6 is 11.3 Å². The molecule has 0 saturated carbocycles. The van der Waals surface area contributed by atoms with Crippen molar-refractivity contribution in [2.75, 3.05) is 33.3 Å². The summed E-state index contributed by atoms with van der Waals surface area (Å²) in [4.78, 5) is 18.7. The molecular weight excluding hydrogens is 375 g/mol. The summed E-state index contributed by atoms with van der Waals surface area (Å²) < 4.78 is 18.9. The first-order valence-electron chi connectivity index (χ1n) is 9.98. The topological polar surface area (TPSA) is 32.8 Å². The van der Waals surface area contributed by atoms with Crippen LogP contribution in [0.25, 0.3) is 0 Å². The summed E-state index contributed by atoms with van der Waals surface area (Å²) >= 11 is 1.75. The normalized spacial score (nSPS) is 20.1. The van der Waals surface area contributed by atoms with Gasteiger partial charge in [-0.25, -0.2) is 4.39 Å². The molecule has 1 aliphatic heterocycles. The lowest BCUT2D eigenvalue weighted by atomic mass is 9.88. The number of methoxy groups -OCH3 is 1. The monoisotopic (exact) mass is 402 g/mol. The first-order chi connectivity index (χ1) is 13.5. The van der Waals surface area contributed by atoms with Gasteiger partial charge >= 0.3 is 0 Å². The fourth-order valence-corrected chi connectivity index (χ4v) is 5.44. The molecule has 1 amide bonds.